The highest BCUT2D eigenvalue weighted by Crippen LogP contribution is 2.31. The van der Waals surface area contributed by atoms with E-state index in [0.29, 0.717) is 5.03 Å². The lowest BCUT2D eigenvalue weighted by Crippen LogP contribution is -2.09. The summed E-state index contributed by atoms with van der Waals surface area (Å²) in [7, 11) is 2.99. The molecule has 7 nitrogen and oxygen atoms in total. The molecule has 0 bridgehead atoms. The number of nitrogens with zero attached hydrogens (tertiary/aromatic N) is 3. The second-order valence-corrected chi connectivity index (χ2v) is 4.88. The Balaban J connectivity index is 2.77. The molecular formula is C9H13N3O4S. The fourth-order valence-electron chi connectivity index (χ4n) is 1.22. The topological polar surface area (TPSA) is 87.3 Å². The number of nitro groups is 1. The van der Waals surface area contributed by atoms with E-state index >= 15 is 0 Å². The lowest BCUT2D eigenvalue weighted by atomic mass is 10.3. The fourth-order valence-corrected chi connectivity index (χ4v) is 2.26. The highest BCUT2D eigenvalue weighted by atomic mass is 32.2. The molecule has 0 spiro atoms. The molecule has 1 rings (SSSR count). The monoisotopic (exact) mass is 259 g/mol. The molecule has 1 aromatic rings. The molecule has 94 valence electrons. The summed E-state index contributed by atoms with van der Waals surface area (Å²) in [6.07, 6.45) is 1.58. The second kappa shape index (κ2) is 5.67. The Morgan fingerprint density at radius 1 is 1.76 bits per heavy atom. The van der Waals surface area contributed by atoms with Gasteiger partial charge < -0.3 is 19.4 Å². The van der Waals surface area contributed by atoms with Crippen molar-refractivity contribution < 1.29 is 14.5 Å². The molecule has 0 aromatic carbocycles. The van der Waals surface area contributed by atoms with Crippen LogP contribution in [0.4, 0.5) is 5.82 Å². The largest absolute Gasteiger partial charge is 0.469 e. The van der Waals surface area contributed by atoms with Crippen LogP contribution < -0.4 is 0 Å². The summed E-state index contributed by atoms with van der Waals surface area (Å²) in [4.78, 5) is 24.9. The van der Waals surface area contributed by atoms with E-state index < -0.39 is 4.92 Å². The molecule has 8 heteroatoms. The molecule has 1 unspecified atom stereocenters. The predicted molar refractivity (Wildman–Crippen MR) is 61.8 cm³/mol. The first kappa shape index (κ1) is 13.5. The lowest BCUT2D eigenvalue weighted by molar-refractivity contribution is -0.392. The van der Waals surface area contributed by atoms with Gasteiger partial charge in [-0.25, -0.2) is 0 Å². The zero-order valence-electron chi connectivity index (χ0n) is 9.74. The van der Waals surface area contributed by atoms with Gasteiger partial charge in [-0.1, -0.05) is 18.7 Å². The number of ether oxygens (including phenoxy) is 1. The van der Waals surface area contributed by atoms with Crippen LogP contribution in [0.5, 0.6) is 0 Å². The minimum atomic E-state index is -0.535. The Labute approximate surface area is 102 Å². The van der Waals surface area contributed by atoms with Gasteiger partial charge in [-0.2, -0.15) is 0 Å². The molecule has 0 N–H and O–H groups in total. The maximum Gasteiger partial charge on any atom is 0.395 e. The number of hydrogen-bond acceptors (Lipinski definition) is 6. The van der Waals surface area contributed by atoms with E-state index in [2.05, 4.69) is 9.72 Å². The smallest absolute Gasteiger partial charge is 0.395 e. The average Bonchev–Trinajstić information content (AvgIpc) is 2.60. The quantitative estimate of drug-likeness (QED) is 0.343. The minimum Gasteiger partial charge on any atom is -0.469 e. The Kier molecular flexibility index (Phi) is 4.50. The summed E-state index contributed by atoms with van der Waals surface area (Å²) >= 11 is 1.23. The number of methoxy groups -OCH3 is 1. The number of aromatic nitrogens is 2. The van der Waals surface area contributed by atoms with Crippen LogP contribution in [0.2, 0.25) is 0 Å². The summed E-state index contributed by atoms with van der Waals surface area (Å²) < 4.78 is 6.11. The molecule has 0 aliphatic rings. The first-order chi connectivity index (χ1) is 7.95. The molecule has 0 fully saturated rings. The molecule has 1 atom stereocenters. The minimum absolute atomic E-state index is 0.114. The highest BCUT2D eigenvalue weighted by molar-refractivity contribution is 8.00. The number of carbonyl (C=O) groups excluding carboxylic acids is 1. The van der Waals surface area contributed by atoms with Gasteiger partial charge in [0.1, 0.15) is 0 Å². The normalized spacial score (nSPS) is 12.2. The van der Waals surface area contributed by atoms with Gasteiger partial charge in [0.05, 0.1) is 13.5 Å². The van der Waals surface area contributed by atoms with Gasteiger partial charge in [-0.3, -0.25) is 4.79 Å². The van der Waals surface area contributed by atoms with Crippen LogP contribution in [0.1, 0.15) is 13.3 Å². The van der Waals surface area contributed by atoms with Crippen LogP contribution >= 0.6 is 11.8 Å². The van der Waals surface area contributed by atoms with Crippen molar-refractivity contribution in [3.8, 4) is 0 Å². The van der Waals surface area contributed by atoms with Crippen LogP contribution in [0.25, 0.3) is 0 Å². The molecule has 0 amide bonds. The third-order valence-electron chi connectivity index (χ3n) is 2.03. The van der Waals surface area contributed by atoms with E-state index in [-0.39, 0.29) is 23.5 Å². The molecule has 1 heterocycles. The van der Waals surface area contributed by atoms with Crippen molar-refractivity contribution in [1.82, 2.24) is 9.55 Å². The first-order valence-corrected chi connectivity index (χ1v) is 5.72. The van der Waals surface area contributed by atoms with Crippen molar-refractivity contribution in [1.29, 1.82) is 0 Å². The fraction of sp³-hybridized carbons (Fsp3) is 0.556. The summed E-state index contributed by atoms with van der Waals surface area (Å²) in [5, 5.41) is 11.0. The maximum absolute atomic E-state index is 11.1. The van der Waals surface area contributed by atoms with Crippen molar-refractivity contribution in [3.63, 3.8) is 0 Å². The van der Waals surface area contributed by atoms with Crippen LogP contribution in [0, 0.1) is 10.1 Å². The highest BCUT2D eigenvalue weighted by Gasteiger charge is 2.23. The van der Waals surface area contributed by atoms with E-state index in [4.69, 9.17) is 0 Å². The van der Waals surface area contributed by atoms with E-state index in [1.807, 2.05) is 0 Å². The van der Waals surface area contributed by atoms with E-state index in [1.165, 1.54) is 25.2 Å². The third kappa shape index (κ3) is 3.45. The van der Waals surface area contributed by atoms with E-state index in [0.717, 1.165) is 0 Å². The van der Waals surface area contributed by atoms with Gasteiger partial charge in [0, 0.05) is 12.3 Å². The van der Waals surface area contributed by atoms with Gasteiger partial charge in [0.25, 0.3) is 0 Å². The Morgan fingerprint density at radius 2 is 2.41 bits per heavy atom. The van der Waals surface area contributed by atoms with E-state index in [1.54, 1.807) is 18.5 Å². The second-order valence-electron chi connectivity index (χ2n) is 3.45. The Hall–Kier alpha value is -1.57. The lowest BCUT2D eigenvalue weighted by Gasteiger charge is -2.09. The number of carbonyl (C=O) groups is 1. The zero-order chi connectivity index (χ0) is 13.0. The van der Waals surface area contributed by atoms with Gasteiger partial charge in [0.15, 0.2) is 5.03 Å². The molecule has 0 saturated carbocycles. The van der Waals surface area contributed by atoms with Crippen LogP contribution in [0.15, 0.2) is 11.4 Å². The predicted octanol–water partition coefficient (Wildman–Crippen LogP) is 1.37. The number of hydrogen-bond donors (Lipinski definition) is 0. The summed E-state index contributed by atoms with van der Waals surface area (Å²) in [6, 6.07) is 0. The Bertz CT molecular complexity index is 432. The molecule has 0 aliphatic carbocycles. The number of imidazole rings is 1. The average molecular weight is 259 g/mol. The molecular weight excluding hydrogens is 246 g/mol. The standard InChI is InChI=1S/C9H13N3O4S/c1-6(4-7(13)16-3)17-9-8(12(14)15)10-5-11(9)2/h5-6H,4H2,1-3H3. The van der Waals surface area contributed by atoms with E-state index in [9.17, 15) is 14.9 Å². The molecule has 1 aromatic heterocycles. The van der Waals surface area contributed by atoms with Gasteiger partial charge in [-0.15, -0.1) is 0 Å². The van der Waals surface area contributed by atoms with Crippen molar-refractivity contribution in [3.05, 3.63) is 16.4 Å². The van der Waals surface area contributed by atoms with Gasteiger partial charge in [-0.05, 0) is 9.91 Å². The summed E-state index contributed by atoms with van der Waals surface area (Å²) in [6.45, 7) is 1.80. The molecule has 0 radical (unpaired) electrons. The van der Waals surface area contributed by atoms with Crippen LogP contribution in [0.3, 0.4) is 0 Å². The van der Waals surface area contributed by atoms with Crippen molar-refractivity contribution >= 4 is 23.5 Å². The molecule has 0 saturated heterocycles. The molecule has 17 heavy (non-hydrogen) atoms. The van der Waals surface area contributed by atoms with Gasteiger partial charge in [0.2, 0.25) is 6.33 Å². The van der Waals surface area contributed by atoms with Crippen LogP contribution in [-0.4, -0.2) is 32.8 Å². The summed E-state index contributed by atoms with van der Waals surface area (Å²) in [5.41, 5.74) is 0. The van der Waals surface area contributed by atoms with Crippen molar-refractivity contribution in [2.24, 2.45) is 7.05 Å². The Morgan fingerprint density at radius 3 is 2.94 bits per heavy atom. The third-order valence-corrected chi connectivity index (χ3v) is 3.30. The SMILES string of the molecule is COC(=O)CC(C)Sc1c([N+](=O)[O-])ncn1C. The maximum atomic E-state index is 11.1. The first-order valence-electron chi connectivity index (χ1n) is 4.85. The van der Waals surface area contributed by atoms with Crippen molar-refractivity contribution in [2.45, 2.75) is 23.6 Å². The number of rotatable bonds is 5. The molecule has 0 aliphatic heterocycles. The number of aryl methyl sites for hydroxylation is 1. The van der Waals surface area contributed by atoms with Crippen molar-refractivity contribution in [2.75, 3.05) is 7.11 Å². The number of esters is 1. The number of thioether (sulfide) groups is 1. The van der Waals surface area contributed by atoms with Crippen LogP contribution in [-0.2, 0) is 16.6 Å². The summed E-state index contributed by atoms with van der Waals surface area (Å²) in [5.74, 6) is -0.524. The zero-order valence-corrected chi connectivity index (χ0v) is 10.6. The van der Waals surface area contributed by atoms with Gasteiger partial charge >= 0.3 is 11.8 Å².